The van der Waals surface area contributed by atoms with E-state index in [1.165, 1.54) is 0 Å². The number of nitrogens with one attached hydrogen (secondary N) is 1. The minimum Gasteiger partial charge on any atom is -0.393 e. The summed E-state index contributed by atoms with van der Waals surface area (Å²) in [7, 11) is 0. The first-order valence-corrected chi connectivity index (χ1v) is 10.3. The number of hydrogen-bond donors (Lipinski definition) is 3. The normalized spacial score (nSPS) is 15.7. The van der Waals surface area contributed by atoms with Crippen LogP contribution < -0.4 is 0 Å². The summed E-state index contributed by atoms with van der Waals surface area (Å²) >= 11 is 0. The Balaban J connectivity index is 2.30. The summed E-state index contributed by atoms with van der Waals surface area (Å²) in [6.45, 7) is 7.07. The number of rotatable bonds is 9. The maximum atomic E-state index is 13.9. The fourth-order valence-corrected chi connectivity index (χ4v) is 4.26. The molecule has 2 aromatic rings. The molecule has 4 nitrogen and oxygen atoms in total. The summed E-state index contributed by atoms with van der Waals surface area (Å²) < 4.78 is 41.8. The molecule has 1 heterocycles. The molecule has 7 heteroatoms. The standard InChI is InChI=1S/C23H31F3N2O2/c1-5-6-7-18(29)12-21(3,4)14-22(30,23(24,25)26)11-17-10-19-15(2)8-16(13-27)9-20(19)28-17/h8-10,18,28-30H,5-7,11-12,14H2,1-4H3. The number of aliphatic hydroxyl groups is 2. The van der Waals surface area contributed by atoms with Crippen molar-refractivity contribution in [3.63, 3.8) is 0 Å². The second-order valence-electron chi connectivity index (χ2n) is 9.21. The Labute approximate surface area is 175 Å². The Morgan fingerprint density at radius 1 is 1.20 bits per heavy atom. The molecule has 0 aliphatic heterocycles. The Morgan fingerprint density at radius 3 is 2.43 bits per heavy atom. The van der Waals surface area contributed by atoms with Gasteiger partial charge in [-0.3, -0.25) is 0 Å². The van der Waals surface area contributed by atoms with Gasteiger partial charge in [-0.05, 0) is 55.4 Å². The zero-order valence-electron chi connectivity index (χ0n) is 18.0. The van der Waals surface area contributed by atoms with Crippen molar-refractivity contribution in [1.29, 1.82) is 5.26 Å². The highest BCUT2D eigenvalue weighted by atomic mass is 19.4. The second-order valence-corrected chi connectivity index (χ2v) is 9.21. The van der Waals surface area contributed by atoms with Crippen LogP contribution in [0.3, 0.4) is 0 Å². The zero-order valence-corrected chi connectivity index (χ0v) is 18.0. The van der Waals surface area contributed by atoms with E-state index in [1.807, 2.05) is 13.0 Å². The Bertz CT molecular complexity index is 912. The number of hydrogen-bond acceptors (Lipinski definition) is 3. The van der Waals surface area contributed by atoms with Gasteiger partial charge in [0.15, 0.2) is 5.60 Å². The van der Waals surface area contributed by atoms with E-state index < -0.39 is 36.1 Å². The van der Waals surface area contributed by atoms with Crippen LogP contribution in [-0.4, -0.2) is 33.1 Å². The van der Waals surface area contributed by atoms with Crippen LogP contribution in [-0.2, 0) is 6.42 Å². The van der Waals surface area contributed by atoms with Gasteiger partial charge in [0.05, 0.1) is 17.7 Å². The van der Waals surface area contributed by atoms with Crippen LogP contribution in [0.1, 0.15) is 69.7 Å². The van der Waals surface area contributed by atoms with Gasteiger partial charge in [-0.1, -0.05) is 33.6 Å². The lowest BCUT2D eigenvalue weighted by molar-refractivity contribution is -0.270. The number of benzene rings is 1. The van der Waals surface area contributed by atoms with Crippen LogP contribution in [0, 0.1) is 23.7 Å². The summed E-state index contributed by atoms with van der Waals surface area (Å²) in [4.78, 5) is 2.93. The lowest BCUT2D eigenvalue weighted by Crippen LogP contribution is -2.50. The predicted octanol–water partition coefficient (Wildman–Crippen LogP) is 5.54. The molecule has 166 valence electrons. The molecule has 0 aliphatic rings. The fourth-order valence-electron chi connectivity index (χ4n) is 4.26. The van der Waals surface area contributed by atoms with Gasteiger partial charge in [0.2, 0.25) is 0 Å². The summed E-state index contributed by atoms with van der Waals surface area (Å²) in [5, 5.41) is 30.8. The lowest BCUT2D eigenvalue weighted by Gasteiger charge is -2.38. The van der Waals surface area contributed by atoms with E-state index in [0.29, 0.717) is 17.5 Å². The lowest BCUT2D eigenvalue weighted by atomic mass is 9.74. The van der Waals surface area contributed by atoms with Crippen LogP contribution in [0.2, 0.25) is 0 Å². The Kier molecular flexibility index (Phi) is 7.26. The quantitative estimate of drug-likeness (QED) is 0.494. The molecule has 0 saturated carbocycles. The molecule has 30 heavy (non-hydrogen) atoms. The number of aliphatic hydroxyl groups excluding tert-OH is 1. The number of unbranched alkanes of at least 4 members (excludes halogenated alkanes) is 1. The van der Waals surface area contributed by atoms with Gasteiger partial charge >= 0.3 is 6.18 Å². The topological polar surface area (TPSA) is 80.0 Å². The largest absolute Gasteiger partial charge is 0.417 e. The van der Waals surface area contributed by atoms with E-state index in [9.17, 15) is 23.4 Å². The molecule has 2 atom stereocenters. The minimum atomic E-state index is -4.83. The molecule has 2 unspecified atom stereocenters. The molecule has 0 spiro atoms. The minimum absolute atomic E-state index is 0.183. The molecule has 2 rings (SSSR count). The maximum Gasteiger partial charge on any atom is 0.417 e. The van der Waals surface area contributed by atoms with Crippen molar-refractivity contribution in [2.24, 2.45) is 5.41 Å². The van der Waals surface area contributed by atoms with Gasteiger partial charge in [-0.25, -0.2) is 0 Å². The van der Waals surface area contributed by atoms with Crippen molar-refractivity contribution in [3.8, 4) is 6.07 Å². The van der Waals surface area contributed by atoms with Gasteiger partial charge in [0.25, 0.3) is 0 Å². The highest BCUT2D eigenvalue weighted by molar-refractivity contribution is 5.85. The van der Waals surface area contributed by atoms with Gasteiger partial charge in [-0.15, -0.1) is 0 Å². The van der Waals surface area contributed by atoms with Gasteiger partial charge in [0, 0.05) is 23.0 Å². The van der Waals surface area contributed by atoms with Crippen molar-refractivity contribution in [2.45, 2.75) is 84.1 Å². The number of H-pyrrole nitrogens is 1. The number of aromatic nitrogens is 1. The Morgan fingerprint density at radius 2 is 1.87 bits per heavy atom. The Hall–Kier alpha value is -2.04. The maximum absolute atomic E-state index is 13.9. The average molecular weight is 425 g/mol. The highest BCUT2D eigenvalue weighted by Gasteiger charge is 2.55. The van der Waals surface area contributed by atoms with E-state index in [2.05, 4.69) is 4.98 Å². The molecule has 0 fully saturated rings. The van der Waals surface area contributed by atoms with E-state index in [4.69, 9.17) is 5.26 Å². The molecule has 0 saturated heterocycles. The van der Waals surface area contributed by atoms with Gasteiger partial charge < -0.3 is 15.2 Å². The number of nitriles is 1. The summed E-state index contributed by atoms with van der Waals surface area (Å²) in [5.41, 5.74) is -1.82. The molecule has 1 aromatic heterocycles. The van der Waals surface area contributed by atoms with Gasteiger partial charge in [0.1, 0.15) is 0 Å². The zero-order chi connectivity index (χ0) is 22.7. The second kappa shape index (κ2) is 8.99. The van der Waals surface area contributed by atoms with Crippen LogP contribution in [0.5, 0.6) is 0 Å². The predicted molar refractivity (Wildman–Crippen MR) is 111 cm³/mol. The number of aryl methyl sites for hydroxylation is 1. The molecule has 0 radical (unpaired) electrons. The smallest absolute Gasteiger partial charge is 0.393 e. The SMILES string of the molecule is CCCCC(O)CC(C)(C)CC(O)(Cc1cc2c(C)cc(C#N)cc2[nH]1)C(F)(F)F. The van der Waals surface area contributed by atoms with Crippen molar-refractivity contribution in [2.75, 3.05) is 0 Å². The third-order valence-electron chi connectivity index (χ3n) is 5.59. The molecular formula is C23H31F3N2O2. The number of alkyl halides is 3. The summed E-state index contributed by atoms with van der Waals surface area (Å²) in [5.74, 6) is 0. The molecule has 1 aromatic carbocycles. The first-order chi connectivity index (χ1) is 13.8. The van der Waals surface area contributed by atoms with Crippen LogP contribution in [0.4, 0.5) is 13.2 Å². The number of nitrogens with zero attached hydrogens (tertiary/aromatic N) is 1. The molecule has 0 aliphatic carbocycles. The molecule has 0 amide bonds. The third kappa shape index (κ3) is 5.77. The van der Waals surface area contributed by atoms with E-state index in [0.717, 1.165) is 23.8 Å². The average Bonchev–Trinajstić information content (AvgIpc) is 3.00. The summed E-state index contributed by atoms with van der Waals surface area (Å²) in [6, 6.07) is 6.90. The molecule has 0 bridgehead atoms. The van der Waals surface area contributed by atoms with E-state index >= 15 is 0 Å². The summed E-state index contributed by atoms with van der Waals surface area (Å²) in [6.07, 6.45) is -4.25. The molecular weight excluding hydrogens is 393 g/mol. The van der Waals surface area contributed by atoms with Crippen LogP contribution >= 0.6 is 0 Å². The van der Waals surface area contributed by atoms with E-state index in [1.54, 1.807) is 39.0 Å². The fraction of sp³-hybridized carbons (Fsp3) is 0.609. The first-order valence-electron chi connectivity index (χ1n) is 10.3. The first kappa shape index (κ1) is 24.2. The number of fused-ring (bicyclic) bond motifs is 1. The monoisotopic (exact) mass is 424 g/mol. The number of halogens is 3. The van der Waals surface area contributed by atoms with Crippen molar-refractivity contribution in [3.05, 3.63) is 35.0 Å². The van der Waals surface area contributed by atoms with Crippen LogP contribution in [0.25, 0.3) is 10.9 Å². The number of aromatic amines is 1. The van der Waals surface area contributed by atoms with E-state index in [-0.39, 0.29) is 12.1 Å². The van der Waals surface area contributed by atoms with Crippen molar-refractivity contribution in [1.82, 2.24) is 4.98 Å². The third-order valence-corrected chi connectivity index (χ3v) is 5.59. The van der Waals surface area contributed by atoms with Crippen molar-refractivity contribution >= 4 is 10.9 Å². The highest BCUT2D eigenvalue weighted by Crippen LogP contribution is 2.44. The molecule has 3 N–H and O–H groups in total. The van der Waals surface area contributed by atoms with Crippen LogP contribution in [0.15, 0.2) is 18.2 Å². The van der Waals surface area contributed by atoms with Crippen molar-refractivity contribution < 1.29 is 23.4 Å². The van der Waals surface area contributed by atoms with Gasteiger partial charge in [-0.2, -0.15) is 18.4 Å².